The minimum atomic E-state index is 0. The summed E-state index contributed by atoms with van der Waals surface area (Å²) in [4.78, 5) is 0. The minimum Gasteiger partial charge on any atom is -0.327 e. The van der Waals surface area contributed by atoms with E-state index in [1.165, 1.54) is 128 Å². The van der Waals surface area contributed by atoms with Gasteiger partial charge in [-0.25, -0.2) is 0 Å². The molecule has 33 heavy (non-hydrogen) atoms. The zero-order chi connectivity index (χ0) is 23.3. The first-order valence-electron chi connectivity index (χ1n) is 14.5. The van der Waals surface area contributed by atoms with Crippen molar-refractivity contribution in [3.8, 4) is 0 Å². The van der Waals surface area contributed by atoms with Crippen molar-refractivity contribution in [1.29, 1.82) is 0 Å². The van der Waals surface area contributed by atoms with Crippen molar-refractivity contribution in [1.82, 2.24) is 0 Å². The molecule has 0 saturated carbocycles. The molecule has 194 valence electrons. The summed E-state index contributed by atoms with van der Waals surface area (Å²) in [6, 6.07) is 11.5. The van der Waals surface area contributed by atoms with Crippen molar-refractivity contribution in [3.63, 3.8) is 0 Å². The second-order valence-electron chi connectivity index (χ2n) is 10.4. The standard InChI is InChI=1S/C31H57N.BrH/c1-4-7-9-11-12-13-14-16-20-25-30(31(32)26-21-15-10-8-5-2)29(22-6-3)27-28-23-18-17-19-24-28;/h17-19,23-24,29-31H,4-16,20-22,25-27,32H2,1-3H3;1H. The number of halogens is 1. The summed E-state index contributed by atoms with van der Waals surface area (Å²) >= 11 is 0. The molecule has 3 unspecified atom stereocenters. The molecule has 3 atom stereocenters. The summed E-state index contributed by atoms with van der Waals surface area (Å²) in [7, 11) is 0. The van der Waals surface area contributed by atoms with E-state index < -0.39 is 0 Å². The van der Waals surface area contributed by atoms with E-state index in [2.05, 4.69) is 51.1 Å². The van der Waals surface area contributed by atoms with Gasteiger partial charge in [-0.3, -0.25) is 0 Å². The second kappa shape index (κ2) is 23.4. The van der Waals surface area contributed by atoms with Gasteiger partial charge in [-0.2, -0.15) is 0 Å². The van der Waals surface area contributed by atoms with Gasteiger partial charge in [0, 0.05) is 6.04 Å². The zero-order valence-electron chi connectivity index (χ0n) is 22.5. The monoisotopic (exact) mass is 523 g/mol. The predicted molar refractivity (Wildman–Crippen MR) is 156 cm³/mol. The van der Waals surface area contributed by atoms with E-state index in [1.807, 2.05) is 0 Å². The van der Waals surface area contributed by atoms with Gasteiger partial charge in [-0.05, 0) is 36.7 Å². The number of unbranched alkanes of at least 4 members (excludes halogenated alkanes) is 12. The molecule has 0 aliphatic rings. The Labute approximate surface area is 218 Å². The number of benzene rings is 1. The molecule has 0 amide bonds. The van der Waals surface area contributed by atoms with Crippen LogP contribution in [0.3, 0.4) is 0 Å². The molecule has 0 bridgehead atoms. The molecule has 1 aromatic carbocycles. The van der Waals surface area contributed by atoms with Gasteiger partial charge >= 0.3 is 0 Å². The van der Waals surface area contributed by atoms with E-state index in [0.717, 1.165) is 5.92 Å². The van der Waals surface area contributed by atoms with E-state index in [9.17, 15) is 0 Å². The van der Waals surface area contributed by atoms with E-state index in [1.54, 1.807) is 0 Å². The molecular weight excluding hydrogens is 466 g/mol. The first-order valence-corrected chi connectivity index (χ1v) is 14.5. The van der Waals surface area contributed by atoms with Crippen LogP contribution in [0.15, 0.2) is 30.3 Å². The van der Waals surface area contributed by atoms with Crippen LogP contribution in [-0.4, -0.2) is 6.04 Å². The number of rotatable bonds is 22. The summed E-state index contributed by atoms with van der Waals surface area (Å²) in [5, 5.41) is 0. The highest BCUT2D eigenvalue weighted by Gasteiger charge is 2.26. The maximum atomic E-state index is 6.93. The summed E-state index contributed by atoms with van der Waals surface area (Å²) in [6.07, 6.45) is 25.8. The molecule has 2 N–H and O–H groups in total. The van der Waals surface area contributed by atoms with E-state index in [4.69, 9.17) is 5.73 Å². The first kappa shape index (κ1) is 32.7. The first-order chi connectivity index (χ1) is 15.7. The van der Waals surface area contributed by atoms with Gasteiger partial charge in [0.1, 0.15) is 0 Å². The fourth-order valence-electron chi connectivity index (χ4n) is 5.44. The molecule has 2 heteroatoms. The highest BCUT2D eigenvalue weighted by Crippen LogP contribution is 2.31. The Balaban J connectivity index is 0.0000102. The van der Waals surface area contributed by atoms with Gasteiger partial charge in [0.15, 0.2) is 0 Å². The molecule has 0 aliphatic carbocycles. The van der Waals surface area contributed by atoms with Crippen LogP contribution in [0.5, 0.6) is 0 Å². The zero-order valence-corrected chi connectivity index (χ0v) is 24.3. The molecule has 0 spiro atoms. The Morgan fingerprint density at radius 3 is 1.58 bits per heavy atom. The van der Waals surface area contributed by atoms with Crippen LogP contribution in [-0.2, 0) is 6.42 Å². The van der Waals surface area contributed by atoms with Crippen LogP contribution in [0.4, 0.5) is 0 Å². The van der Waals surface area contributed by atoms with Crippen LogP contribution < -0.4 is 5.73 Å². The van der Waals surface area contributed by atoms with Gasteiger partial charge in [-0.1, -0.05) is 154 Å². The lowest BCUT2D eigenvalue weighted by molar-refractivity contribution is 0.228. The van der Waals surface area contributed by atoms with E-state index in [-0.39, 0.29) is 17.0 Å². The summed E-state index contributed by atoms with van der Waals surface area (Å²) in [5.41, 5.74) is 8.42. The second-order valence-corrected chi connectivity index (χ2v) is 10.4. The van der Waals surface area contributed by atoms with Crippen molar-refractivity contribution in [2.75, 3.05) is 0 Å². The molecule has 1 aromatic rings. The fraction of sp³-hybridized carbons (Fsp3) is 0.806. The summed E-state index contributed by atoms with van der Waals surface area (Å²) in [6.45, 7) is 6.95. The lowest BCUT2D eigenvalue weighted by atomic mass is 9.75. The lowest BCUT2D eigenvalue weighted by Gasteiger charge is -2.32. The average Bonchev–Trinajstić information content (AvgIpc) is 2.80. The Morgan fingerprint density at radius 2 is 1.06 bits per heavy atom. The predicted octanol–water partition coefficient (Wildman–Crippen LogP) is 10.4. The SMILES string of the molecule is Br.CCCCCCCCCCCC(C(N)CCCCCCC)C(CCC)Cc1ccccc1. The topological polar surface area (TPSA) is 26.0 Å². The summed E-state index contributed by atoms with van der Waals surface area (Å²) < 4.78 is 0. The highest BCUT2D eigenvalue weighted by atomic mass is 79.9. The Bertz CT molecular complexity index is 503. The van der Waals surface area contributed by atoms with Crippen LogP contribution >= 0.6 is 17.0 Å². The quantitative estimate of drug-likeness (QED) is 0.150. The van der Waals surface area contributed by atoms with E-state index in [0.29, 0.717) is 12.0 Å². The third-order valence-electron chi connectivity index (χ3n) is 7.44. The normalized spacial score (nSPS) is 13.9. The van der Waals surface area contributed by atoms with Gasteiger partial charge in [-0.15, -0.1) is 17.0 Å². The molecular formula is C31H58BrN. The molecule has 0 fully saturated rings. The minimum absolute atomic E-state index is 0. The van der Waals surface area contributed by atoms with Crippen molar-refractivity contribution in [2.45, 2.75) is 149 Å². The molecule has 0 aliphatic heterocycles. The lowest BCUT2D eigenvalue weighted by Crippen LogP contribution is -2.36. The third-order valence-corrected chi connectivity index (χ3v) is 7.44. The van der Waals surface area contributed by atoms with Crippen LogP contribution in [0.2, 0.25) is 0 Å². The van der Waals surface area contributed by atoms with Gasteiger partial charge < -0.3 is 5.73 Å². The molecule has 0 saturated heterocycles. The van der Waals surface area contributed by atoms with Crippen LogP contribution in [0, 0.1) is 11.8 Å². The van der Waals surface area contributed by atoms with Gasteiger partial charge in [0.05, 0.1) is 0 Å². The van der Waals surface area contributed by atoms with Gasteiger partial charge in [0.25, 0.3) is 0 Å². The summed E-state index contributed by atoms with van der Waals surface area (Å²) in [5.74, 6) is 1.42. The van der Waals surface area contributed by atoms with Gasteiger partial charge in [0.2, 0.25) is 0 Å². The number of hydrogen-bond donors (Lipinski definition) is 1. The van der Waals surface area contributed by atoms with Crippen molar-refractivity contribution >= 4 is 17.0 Å². The number of nitrogens with two attached hydrogens (primary N) is 1. The number of hydrogen-bond acceptors (Lipinski definition) is 1. The van der Waals surface area contributed by atoms with Crippen LogP contribution in [0.1, 0.15) is 142 Å². The Morgan fingerprint density at radius 1 is 0.576 bits per heavy atom. The smallest absolute Gasteiger partial charge is 0.00699 e. The highest BCUT2D eigenvalue weighted by molar-refractivity contribution is 8.93. The molecule has 1 nitrogen and oxygen atoms in total. The largest absolute Gasteiger partial charge is 0.327 e. The Kier molecular flexibility index (Phi) is 23.2. The van der Waals surface area contributed by atoms with E-state index >= 15 is 0 Å². The fourth-order valence-corrected chi connectivity index (χ4v) is 5.44. The molecule has 0 radical (unpaired) electrons. The maximum absolute atomic E-state index is 6.93. The molecule has 1 rings (SSSR count). The molecule has 0 aromatic heterocycles. The third kappa shape index (κ3) is 16.8. The van der Waals surface area contributed by atoms with Crippen molar-refractivity contribution in [3.05, 3.63) is 35.9 Å². The van der Waals surface area contributed by atoms with Crippen LogP contribution in [0.25, 0.3) is 0 Å². The maximum Gasteiger partial charge on any atom is 0.00699 e. The average molecular weight is 525 g/mol. The molecule has 0 heterocycles. The van der Waals surface area contributed by atoms with Crippen molar-refractivity contribution in [2.24, 2.45) is 17.6 Å². The van der Waals surface area contributed by atoms with Crippen molar-refractivity contribution < 1.29 is 0 Å². The Hall–Kier alpha value is -0.340.